The molecule has 2 aromatic rings. The lowest BCUT2D eigenvalue weighted by Crippen LogP contribution is -2.39. The third-order valence-electron chi connectivity index (χ3n) is 5.38. The van der Waals surface area contributed by atoms with Crippen molar-refractivity contribution in [3.8, 4) is 17.2 Å². The van der Waals surface area contributed by atoms with Crippen molar-refractivity contribution in [3.63, 3.8) is 0 Å². The molecule has 4 nitrogen and oxygen atoms in total. The van der Waals surface area contributed by atoms with Crippen molar-refractivity contribution in [1.82, 2.24) is 5.32 Å². The highest BCUT2D eigenvalue weighted by molar-refractivity contribution is 5.80. The van der Waals surface area contributed by atoms with Crippen LogP contribution in [0.1, 0.15) is 24.0 Å². The second kappa shape index (κ2) is 8.08. The molecule has 1 unspecified atom stereocenters. The minimum absolute atomic E-state index is 0.0827. The molecule has 2 heterocycles. The van der Waals surface area contributed by atoms with Crippen LogP contribution in [-0.2, 0) is 11.2 Å². The molecule has 0 aromatic heterocycles. The quantitative estimate of drug-likeness (QED) is 0.901. The number of halogens is 1. The molecule has 27 heavy (non-hydrogen) atoms. The molecule has 1 N–H and O–H groups in total. The van der Waals surface area contributed by atoms with Gasteiger partial charge in [-0.15, -0.1) is 0 Å². The molecule has 4 rings (SSSR count). The van der Waals surface area contributed by atoms with Crippen molar-refractivity contribution in [2.75, 3.05) is 37.7 Å². The SMILES string of the molecule is N#Cc1ccc(-c2cc(CC3CNCCO3)ccc2N2CCCC2)cc1F. The van der Waals surface area contributed by atoms with E-state index in [0.29, 0.717) is 0 Å². The van der Waals surface area contributed by atoms with Crippen LogP contribution in [0.2, 0.25) is 0 Å². The summed E-state index contributed by atoms with van der Waals surface area (Å²) >= 11 is 0. The summed E-state index contributed by atoms with van der Waals surface area (Å²) in [6.07, 6.45) is 3.37. The summed E-state index contributed by atoms with van der Waals surface area (Å²) in [7, 11) is 0. The maximum Gasteiger partial charge on any atom is 0.141 e. The zero-order valence-corrected chi connectivity index (χ0v) is 15.4. The van der Waals surface area contributed by atoms with Gasteiger partial charge in [-0.2, -0.15) is 5.26 Å². The summed E-state index contributed by atoms with van der Waals surface area (Å²) in [5, 5.41) is 12.4. The molecular weight excluding hydrogens is 341 g/mol. The van der Waals surface area contributed by atoms with E-state index in [2.05, 4.69) is 28.4 Å². The highest BCUT2D eigenvalue weighted by Gasteiger charge is 2.20. The van der Waals surface area contributed by atoms with Crippen LogP contribution in [0, 0.1) is 17.1 Å². The first-order valence-corrected chi connectivity index (χ1v) is 9.65. The van der Waals surface area contributed by atoms with Gasteiger partial charge < -0.3 is 15.0 Å². The van der Waals surface area contributed by atoms with E-state index in [0.717, 1.165) is 56.0 Å². The Morgan fingerprint density at radius 2 is 2.04 bits per heavy atom. The first kappa shape index (κ1) is 18.0. The summed E-state index contributed by atoms with van der Waals surface area (Å²) in [5.74, 6) is -0.465. The molecule has 2 aromatic carbocycles. The van der Waals surface area contributed by atoms with Gasteiger partial charge in [-0.1, -0.05) is 12.1 Å². The fourth-order valence-electron chi connectivity index (χ4n) is 3.96. The lowest BCUT2D eigenvalue weighted by molar-refractivity contribution is 0.0292. The lowest BCUT2D eigenvalue weighted by atomic mass is 9.96. The average Bonchev–Trinajstić information content (AvgIpc) is 3.23. The van der Waals surface area contributed by atoms with Gasteiger partial charge >= 0.3 is 0 Å². The highest BCUT2D eigenvalue weighted by atomic mass is 19.1. The zero-order chi connectivity index (χ0) is 18.6. The molecule has 2 fully saturated rings. The number of nitrogens with zero attached hydrogens (tertiary/aromatic N) is 2. The number of nitrogens with one attached hydrogen (secondary N) is 1. The van der Waals surface area contributed by atoms with E-state index >= 15 is 0 Å². The monoisotopic (exact) mass is 365 g/mol. The number of hydrogen-bond donors (Lipinski definition) is 1. The molecule has 0 bridgehead atoms. The molecule has 0 amide bonds. The normalized spacial score (nSPS) is 19.9. The molecule has 5 heteroatoms. The largest absolute Gasteiger partial charge is 0.375 e. The first-order valence-electron chi connectivity index (χ1n) is 9.65. The Labute approximate surface area is 159 Å². The Bertz CT molecular complexity index is 849. The Balaban J connectivity index is 1.70. The molecule has 2 saturated heterocycles. The molecule has 2 aliphatic heterocycles. The molecule has 0 spiro atoms. The Morgan fingerprint density at radius 3 is 2.74 bits per heavy atom. The van der Waals surface area contributed by atoms with E-state index in [1.54, 1.807) is 6.07 Å². The summed E-state index contributed by atoms with van der Waals surface area (Å²) < 4.78 is 20.1. The number of anilines is 1. The number of benzene rings is 2. The second-order valence-corrected chi connectivity index (χ2v) is 7.25. The lowest BCUT2D eigenvalue weighted by Gasteiger charge is -2.25. The van der Waals surface area contributed by atoms with Crippen LogP contribution >= 0.6 is 0 Å². The number of hydrogen-bond acceptors (Lipinski definition) is 4. The van der Waals surface area contributed by atoms with Gasteiger partial charge in [-0.3, -0.25) is 0 Å². The summed E-state index contributed by atoms with van der Waals surface area (Å²) in [5.41, 5.74) is 4.26. The van der Waals surface area contributed by atoms with Crippen molar-refractivity contribution in [1.29, 1.82) is 5.26 Å². The van der Waals surface area contributed by atoms with Crippen LogP contribution in [-0.4, -0.2) is 38.9 Å². The minimum atomic E-state index is -0.465. The van der Waals surface area contributed by atoms with Gasteiger partial charge in [0.25, 0.3) is 0 Å². The van der Waals surface area contributed by atoms with Crippen molar-refractivity contribution in [2.24, 2.45) is 0 Å². The van der Waals surface area contributed by atoms with Crippen LogP contribution in [0.3, 0.4) is 0 Å². The maximum absolute atomic E-state index is 14.3. The number of nitriles is 1. The van der Waals surface area contributed by atoms with E-state index in [-0.39, 0.29) is 11.7 Å². The van der Waals surface area contributed by atoms with Gasteiger partial charge in [0.15, 0.2) is 0 Å². The number of ether oxygens (including phenoxy) is 1. The Kier molecular flexibility index (Phi) is 5.38. The third kappa shape index (κ3) is 3.97. The van der Waals surface area contributed by atoms with Crippen molar-refractivity contribution in [3.05, 3.63) is 53.3 Å². The zero-order valence-electron chi connectivity index (χ0n) is 15.4. The molecule has 0 aliphatic carbocycles. The highest BCUT2D eigenvalue weighted by Crippen LogP contribution is 2.35. The Morgan fingerprint density at radius 1 is 1.19 bits per heavy atom. The van der Waals surface area contributed by atoms with Crippen molar-refractivity contribution < 1.29 is 9.13 Å². The molecular formula is C22H24FN3O. The average molecular weight is 365 g/mol. The molecule has 0 radical (unpaired) electrons. The maximum atomic E-state index is 14.3. The van der Waals surface area contributed by atoms with Gasteiger partial charge in [0.1, 0.15) is 11.9 Å². The van der Waals surface area contributed by atoms with Gasteiger partial charge in [-0.05, 0) is 54.7 Å². The predicted octanol–water partition coefficient (Wildman–Crippen LogP) is 3.50. The predicted molar refractivity (Wildman–Crippen MR) is 104 cm³/mol. The Hall–Kier alpha value is -2.42. The summed E-state index contributed by atoms with van der Waals surface area (Å²) in [6, 6.07) is 13.3. The summed E-state index contributed by atoms with van der Waals surface area (Å²) in [4.78, 5) is 2.37. The fourth-order valence-corrected chi connectivity index (χ4v) is 3.96. The van der Waals surface area contributed by atoms with Crippen LogP contribution in [0.5, 0.6) is 0 Å². The molecule has 2 aliphatic rings. The minimum Gasteiger partial charge on any atom is -0.375 e. The molecule has 0 saturated carbocycles. The first-order chi connectivity index (χ1) is 13.2. The van der Waals surface area contributed by atoms with E-state index in [1.807, 2.05) is 12.1 Å². The topological polar surface area (TPSA) is 48.3 Å². The number of morpholine rings is 1. The standard InChI is InChI=1S/C22H24FN3O/c23-21-13-17(4-5-18(21)14-24)20-12-16(11-19-15-25-7-10-27-19)3-6-22(20)26-8-1-2-9-26/h3-6,12-13,19,25H,1-2,7-11,15H2. The van der Waals surface area contributed by atoms with Gasteiger partial charge in [0.05, 0.1) is 18.3 Å². The van der Waals surface area contributed by atoms with Gasteiger partial charge in [0, 0.05) is 37.4 Å². The van der Waals surface area contributed by atoms with Crippen LogP contribution < -0.4 is 10.2 Å². The van der Waals surface area contributed by atoms with Gasteiger partial charge in [0.2, 0.25) is 0 Å². The third-order valence-corrected chi connectivity index (χ3v) is 5.38. The van der Waals surface area contributed by atoms with Crippen LogP contribution in [0.25, 0.3) is 11.1 Å². The van der Waals surface area contributed by atoms with Crippen molar-refractivity contribution >= 4 is 5.69 Å². The van der Waals surface area contributed by atoms with E-state index in [4.69, 9.17) is 10.00 Å². The van der Waals surface area contributed by atoms with Crippen LogP contribution in [0.4, 0.5) is 10.1 Å². The van der Waals surface area contributed by atoms with E-state index in [9.17, 15) is 4.39 Å². The summed E-state index contributed by atoms with van der Waals surface area (Å²) in [6.45, 7) is 4.56. The van der Waals surface area contributed by atoms with Gasteiger partial charge in [-0.25, -0.2) is 4.39 Å². The van der Waals surface area contributed by atoms with Crippen molar-refractivity contribution in [2.45, 2.75) is 25.4 Å². The number of rotatable bonds is 4. The van der Waals surface area contributed by atoms with Crippen LogP contribution in [0.15, 0.2) is 36.4 Å². The smallest absolute Gasteiger partial charge is 0.141 e. The molecule has 140 valence electrons. The fraction of sp³-hybridized carbons (Fsp3) is 0.409. The second-order valence-electron chi connectivity index (χ2n) is 7.25. The molecule has 1 atom stereocenters. The van der Waals surface area contributed by atoms with E-state index < -0.39 is 5.82 Å². The van der Waals surface area contributed by atoms with E-state index in [1.165, 1.54) is 24.5 Å².